The van der Waals surface area contributed by atoms with Crippen molar-refractivity contribution in [1.82, 2.24) is 10.6 Å². The number of benzene rings is 1. The van der Waals surface area contributed by atoms with Crippen molar-refractivity contribution in [3.05, 3.63) is 35.4 Å². The predicted molar refractivity (Wildman–Crippen MR) is 71.7 cm³/mol. The minimum Gasteiger partial charge on any atom is -0.381 e. The Morgan fingerprint density at radius 3 is 2.60 bits per heavy atom. The number of carbonyl (C=O) groups is 3. The Kier molecular flexibility index (Phi) is 5.67. The van der Waals surface area contributed by atoms with Gasteiger partial charge in [0.05, 0.1) is 13.1 Å². The molecule has 7 heteroatoms. The average Bonchev–Trinajstić information content (AvgIpc) is 2.41. The van der Waals surface area contributed by atoms with Crippen LogP contribution in [-0.4, -0.2) is 42.0 Å². The van der Waals surface area contributed by atoms with Crippen LogP contribution in [-0.2, 0) is 9.59 Å². The van der Waals surface area contributed by atoms with Crippen molar-refractivity contribution in [2.75, 3.05) is 13.1 Å². The fourth-order valence-electron chi connectivity index (χ4n) is 1.42. The summed E-state index contributed by atoms with van der Waals surface area (Å²) in [5.41, 5.74) is 6.21. The van der Waals surface area contributed by atoms with Crippen LogP contribution in [0.1, 0.15) is 15.9 Å². The van der Waals surface area contributed by atoms with Crippen molar-refractivity contribution in [1.29, 1.82) is 0 Å². The lowest BCUT2D eigenvalue weighted by Gasteiger charge is -2.09. The number of hydrogen-bond acceptors (Lipinski definition) is 4. The van der Waals surface area contributed by atoms with Crippen LogP contribution in [0.25, 0.3) is 0 Å². The number of nitrogens with one attached hydrogen (secondary N) is 2. The Balaban J connectivity index is 2.37. The SMILES string of the molecule is Cc1cccc(C(=O)NCC(=O)NCC(O)C(N)=O)c1. The van der Waals surface area contributed by atoms with E-state index in [1.807, 2.05) is 13.0 Å². The van der Waals surface area contributed by atoms with Crippen molar-refractivity contribution < 1.29 is 19.5 Å². The maximum Gasteiger partial charge on any atom is 0.251 e. The van der Waals surface area contributed by atoms with Crippen molar-refractivity contribution >= 4 is 17.7 Å². The fraction of sp³-hybridized carbons (Fsp3) is 0.308. The minimum atomic E-state index is -1.44. The van der Waals surface area contributed by atoms with Gasteiger partial charge in [0.1, 0.15) is 6.10 Å². The standard InChI is InChI=1S/C13H17N3O4/c1-8-3-2-4-9(5-8)13(20)16-7-11(18)15-6-10(17)12(14)19/h2-5,10,17H,6-7H2,1H3,(H2,14,19)(H,15,18)(H,16,20). The third-order valence-corrected chi connectivity index (χ3v) is 2.51. The topological polar surface area (TPSA) is 122 Å². The molecule has 5 N–H and O–H groups in total. The van der Waals surface area contributed by atoms with Crippen LogP contribution in [0.4, 0.5) is 0 Å². The Hall–Kier alpha value is -2.41. The van der Waals surface area contributed by atoms with E-state index in [4.69, 9.17) is 10.8 Å². The summed E-state index contributed by atoms with van der Waals surface area (Å²) in [4.78, 5) is 33.7. The molecule has 1 atom stereocenters. The van der Waals surface area contributed by atoms with Gasteiger partial charge >= 0.3 is 0 Å². The van der Waals surface area contributed by atoms with Gasteiger partial charge in [0, 0.05) is 5.56 Å². The Morgan fingerprint density at radius 2 is 2.00 bits per heavy atom. The summed E-state index contributed by atoms with van der Waals surface area (Å²) in [6.45, 7) is 1.32. The fourth-order valence-corrected chi connectivity index (χ4v) is 1.42. The number of hydrogen-bond donors (Lipinski definition) is 4. The van der Waals surface area contributed by atoms with Crippen LogP contribution < -0.4 is 16.4 Å². The molecule has 0 aliphatic carbocycles. The van der Waals surface area contributed by atoms with Gasteiger partial charge in [-0.15, -0.1) is 0 Å². The molecule has 0 aliphatic heterocycles. The molecule has 3 amide bonds. The highest BCUT2D eigenvalue weighted by Crippen LogP contribution is 2.03. The average molecular weight is 279 g/mol. The molecular formula is C13H17N3O4. The molecule has 1 aromatic rings. The van der Waals surface area contributed by atoms with E-state index in [0.29, 0.717) is 5.56 Å². The quantitative estimate of drug-likeness (QED) is 0.516. The Labute approximate surface area is 116 Å². The first-order valence-electron chi connectivity index (χ1n) is 5.99. The maximum absolute atomic E-state index is 11.7. The van der Waals surface area contributed by atoms with Crippen molar-refractivity contribution in [3.63, 3.8) is 0 Å². The van der Waals surface area contributed by atoms with E-state index in [0.717, 1.165) is 5.56 Å². The third-order valence-electron chi connectivity index (χ3n) is 2.51. The van der Waals surface area contributed by atoms with Crippen LogP contribution in [0.3, 0.4) is 0 Å². The van der Waals surface area contributed by atoms with Crippen LogP contribution in [0.5, 0.6) is 0 Å². The number of primary amides is 1. The highest BCUT2D eigenvalue weighted by atomic mass is 16.3. The van der Waals surface area contributed by atoms with E-state index < -0.39 is 17.9 Å². The lowest BCUT2D eigenvalue weighted by Crippen LogP contribution is -2.43. The molecule has 0 spiro atoms. The van der Waals surface area contributed by atoms with Crippen LogP contribution in [0.15, 0.2) is 24.3 Å². The van der Waals surface area contributed by atoms with Crippen molar-refractivity contribution in [2.24, 2.45) is 5.73 Å². The van der Waals surface area contributed by atoms with E-state index in [9.17, 15) is 14.4 Å². The summed E-state index contributed by atoms with van der Waals surface area (Å²) < 4.78 is 0. The first-order valence-corrected chi connectivity index (χ1v) is 5.99. The number of aliphatic hydroxyl groups excluding tert-OH is 1. The van der Waals surface area contributed by atoms with Gasteiger partial charge in [-0.1, -0.05) is 17.7 Å². The van der Waals surface area contributed by atoms with Crippen LogP contribution >= 0.6 is 0 Å². The highest BCUT2D eigenvalue weighted by Gasteiger charge is 2.13. The molecule has 0 heterocycles. The summed E-state index contributed by atoms with van der Waals surface area (Å²) in [6.07, 6.45) is -1.44. The third kappa shape index (κ3) is 5.07. The van der Waals surface area contributed by atoms with Gasteiger partial charge in [-0.2, -0.15) is 0 Å². The second-order valence-electron chi connectivity index (χ2n) is 4.27. The lowest BCUT2D eigenvalue weighted by molar-refractivity contribution is -0.126. The number of aryl methyl sites for hydroxylation is 1. The molecule has 7 nitrogen and oxygen atoms in total. The monoisotopic (exact) mass is 279 g/mol. The van der Waals surface area contributed by atoms with E-state index in [1.165, 1.54) is 0 Å². The molecule has 1 rings (SSSR count). The molecule has 0 bridgehead atoms. The van der Waals surface area contributed by atoms with Gasteiger partial charge in [-0.05, 0) is 19.1 Å². The Bertz CT molecular complexity index is 516. The van der Waals surface area contributed by atoms with Gasteiger partial charge in [0.25, 0.3) is 5.91 Å². The summed E-state index contributed by atoms with van der Waals surface area (Å²) in [5.74, 6) is -1.82. The zero-order valence-corrected chi connectivity index (χ0v) is 11.1. The zero-order chi connectivity index (χ0) is 15.1. The second kappa shape index (κ2) is 7.25. The zero-order valence-electron chi connectivity index (χ0n) is 11.1. The molecule has 1 aromatic carbocycles. The van der Waals surface area contributed by atoms with E-state index in [1.54, 1.807) is 18.2 Å². The van der Waals surface area contributed by atoms with Gasteiger partial charge < -0.3 is 21.5 Å². The first kappa shape index (κ1) is 15.6. The summed E-state index contributed by atoms with van der Waals surface area (Å²) in [7, 11) is 0. The summed E-state index contributed by atoms with van der Waals surface area (Å²) >= 11 is 0. The van der Waals surface area contributed by atoms with E-state index in [-0.39, 0.29) is 19.0 Å². The predicted octanol–water partition coefficient (Wildman–Crippen LogP) is -1.31. The number of rotatable bonds is 6. The molecular weight excluding hydrogens is 262 g/mol. The van der Waals surface area contributed by atoms with Gasteiger partial charge in [-0.25, -0.2) is 0 Å². The largest absolute Gasteiger partial charge is 0.381 e. The number of aliphatic hydroxyl groups is 1. The number of carbonyl (C=O) groups excluding carboxylic acids is 3. The van der Waals surface area contributed by atoms with Gasteiger partial charge in [0.2, 0.25) is 11.8 Å². The molecule has 20 heavy (non-hydrogen) atoms. The van der Waals surface area contributed by atoms with Crippen LogP contribution in [0, 0.1) is 6.92 Å². The number of nitrogens with two attached hydrogens (primary N) is 1. The smallest absolute Gasteiger partial charge is 0.251 e. The van der Waals surface area contributed by atoms with Gasteiger partial charge in [-0.3, -0.25) is 14.4 Å². The summed E-state index contributed by atoms with van der Waals surface area (Å²) in [6, 6.07) is 6.93. The molecule has 0 fully saturated rings. The van der Waals surface area contributed by atoms with Gasteiger partial charge in [0.15, 0.2) is 0 Å². The minimum absolute atomic E-state index is 0.252. The maximum atomic E-state index is 11.7. The molecule has 0 radical (unpaired) electrons. The normalized spacial score (nSPS) is 11.5. The first-order chi connectivity index (χ1) is 9.40. The van der Waals surface area contributed by atoms with Crippen molar-refractivity contribution in [2.45, 2.75) is 13.0 Å². The number of amides is 3. The van der Waals surface area contributed by atoms with E-state index >= 15 is 0 Å². The molecule has 1 unspecified atom stereocenters. The summed E-state index contributed by atoms with van der Waals surface area (Å²) in [5, 5.41) is 13.8. The molecule has 108 valence electrons. The highest BCUT2D eigenvalue weighted by molar-refractivity contribution is 5.96. The molecule has 0 aliphatic rings. The van der Waals surface area contributed by atoms with Crippen molar-refractivity contribution in [3.8, 4) is 0 Å². The second-order valence-corrected chi connectivity index (χ2v) is 4.27. The van der Waals surface area contributed by atoms with E-state index in [2.05, 4.69) is 10.6 Å². The lowest BCUT2D eigenvalue weighted by atomic mass is 10.1. The molecule has 0 aromatic heterocycles. The van der Waals surface area contributed by atoms with Crippen LogP contribution in [0.2, 0.25) is 0 Å². The molecule has 0 saturated heterocycles. The molecule has 0 saturated carbocycles. The Morgan fingerprint density at radius 1 is 1.30 bits per heavy atom.